The Morgan fingerprint density at radius 1 is 1.46 bits per heavy atom. The Balaban J connectivity index is 2.36. The molecular weight excluding hydrogens is 378 g/mol. The maximum Gasteiger partial charge on any atom is 0.213 e. The van der Waals surface area contributed by atoms with Crippen molar-refractivity contribution in [2.75, 3.05) is 7.11 Å². The van der Waals surface area contributed by atoms with E-state index in [1.807, 2.05) is 20.8 Å². The van der Waals surface area contributed by atoms with Crippen LogP contribution in [0.5, 0.6) is 11.5 Å². The topological polar surface area (TPSA) is 100 Å². The number of aryl methyl sites for hydroxylation is 1. The standard InChI is InChI=1S/C17H20ClN3O4S/c1-5-14-19-17(21-20-14)26-13(16(22)23)8-10-6-11(18)15(25-9(2)3)12(7-10)24-4/h6-9H,5H2,1-4H3,(H,22,23)(H,19,20,21)/p-1/b13-8+. The Kier molecular flexibility index (Phi) is 6.93. The number of aromatic nitrogens is 3. The average molecular weight is 397 g/mol. The van der Waals surface area contributed by atoms with Crippen LogP contribution in [0.3, 0.4) is 0 Å². The number of aliphatic carboxylic acids is 1. The third-order valence-electron chi connectivity index (χ3n) is 3.15. The van der Waals surface area contributed by atoms with E-state index in [4.69, 9.17) is 21.1 Å². The van der Waals surface area contributed by atoms with E-state index in [0.717, 1.165) is 11.8 Å². The van der Waals surface area contributed by atoms with Crippen molar-refractivity contribution >= 4 is 35.4 Å². The predicted octanol–water partition coefficient (Wildman–Crippen LogP) is 2.70. The first-order valence-electron chi connectivity index (χ1n) is 7.90. The van der Waals surface area contributed by atoms with E-state index in [2.05, 4.69) is 15.2 Å². The largest absolute Gasteiger partial charge is 0.544 e. The van der Waals surface area contributed by atoms with E-state index in [1.54, 1.807) is 12.1 Å². The van der Waals surface area contributed by atoms with Crippen LogP contribution >= 0.6 is 23.4 Å². The quantitative estimate of drug-likeness (QED) is 0.540. The zero-order valence-electron chi connectivity index (χ0n) is 14.8. The number of methoxy groups -OCH3 is 1. The monoisotopic (exact) mass is 396 g/mol. The van der Waals surface area contributed by atoms with Crippen molar-refractivity contribution in [3.05, 3.63) is 33.4 Å². The fourth-order valence-electron chi connectivity index (χ4n) is 2.03. The number of hydrogen-bond acceptors (Lipinski definition) is 7. The smallest absolute Gasteiger partial charge is 0.213 e. The van der Waals surface area contributed by atoms with E-state index in [1.165, 1.54) is 13.2 Å². The molecule has 0 bridgehead atoms. The maximum absolute atomic E-state index is 11.5. The molecular formula is C17H19ClN3O4S-. The lowest BCUT2D eigenvalue weighted by molar-refractivity contribution is -0.297. The molecule has 2 rings (SSSR count). The van der Waals surface area contributed by atoms with Gasteiger partial charge in [-0.3, -0.25) is 5.10 Å². The highest BCUT2D eigenvalue weighted by Crippen LogP contribution is 2.38. The second-order valence-corrected chi connectivity index (χ2v) is 6.93. The first-order valence-corrected chi connectivity index (χ1v) is 9.09. The zero-order valence-corrected chi connectivity index (χ0v) is 16.4. The first kappa shape index (κ1) is 20.1. The number of ether oxygens (including phenoxy) is 2. The van der Waals surface area contributed by atoms with Gasteiger partial charge in [0.25, 0.3) is 0 Å². The summed E-state index contributed by atoms with van der Waals surface area (Å²) in [4.78, 5) is 15.6. The second kappa shape index (κ2) is 8.95. The van der Waals surface area contributed by atoms with Crippen LogP contribution in [0.25, 0.3) is 6.08 Å². The number of carboxylic acids is 1. The molecule has 0 amide bonds. The Bertz CT molecular complexity index is 820. The van der Waals surface area contributed by atoms with Crippen LogP contribution in [0, 0.1) is 0 Å². The van der Waals surface area contributed by atoms with E-state index in [0.29, 0.717) is 39.5 Å². The van der Waals surface area contributed by atoms with Crippen molar-refractivity contribution in [3.8, 4) is 11.5 Å². The predicted molar refractivity (Wildman–Crippen MR) is 98.4 cm³/mol. The van der Waals surface area contributed by atoms with Gasteiger partial charge in [0.2, 0.25) is 5.16 Å². The summed E-state index contributed by atoms with van der Waals surface area (Å²) in [6.45, 7) is 5.66. The number of aromatic amines is 1. The molecule has 0 aliphatic heterocycles. The molecule has 140 valence electrons. The van der Waals surface area contributed by atoms with Gasteiger partial charge in [0.1, 0.15) is 5.82 Å². The highest BCUT2D eigenvalue weighted by molar-refractivity contribution is 8.04. The summed E-state index contributed by atoms with van der Waals surface area (Å²) in [6.07, 6.45) is 2.01. The third-order valence-corrected chi connectivity index (χ3v) is 4.30. The molecule has 0 fully saturated rings. The van der Waals surface area contributed by atoms with Crippen LogP contribution in [-0.4, -0.2) is 34.4 Å². The summed E-state index contributed by atoms with van der Waals surface area (Å²) in [6, 6.07) is 3.24. The van der Waals surface area contributed by atoms with Gasteiger partial charge < -0.3 is 19.4 Å². The average Bonchev–Trinajstić information content (AvgIpc) is 3.03. The summed E-state index contributed by atoms with van der Waals surface area (Å²) < 4.78 is 11.0. The van der Waals surface area contributed by atoms with Gasteiger partial charge in [-0.25, -0.2) is 4.98 Å². The highest BCUT2D eigenvalue weighted by atomic mass is 35.5. The molecule has 0 saturated heterocycles. The molecule has 0 atom stereocenters. The lowest BCUT2D eigenvalue weighted by Gasteiger charge is -2.16. The molecule has 0 spiro atoms. The number of thioether (sulfide) groups is 1. The van der Waals surface area contributed by atoms with Crippen LogP contribution in [0.1, 0.15) is 32.2 Å². The maximum atomic E-state index is 11.5. The molecule has 0 saturated carbocycles. The Labute approximate surface area is 160 Å². The second-order valence-electron chi connectivity index (χ2n) is 5.52. The van der Waals surface area contributed by atoms with Gasteiger partial charge in [0, 0.05) is 11.3 Å². The fraction of sp³-hybridized carbons (Fsp3) is 0.353. The summed E-state index contributed by atoms with van der Waals surface area (Å²) in [5, 5.41) is 18.8. The van der Waals surface area contributed by atoms with Crippen molar-refractivity contribution in [2.24, 2.45) is 0 Å². The lowest BCUT2D eigenvalue weighted by atomic mass is 10.2. The van der Waals surface area contributed by atoms with E-state index in [-0.39, 0.29) is 11.0 Å². The number of carbonyl (C=O) groups is 1. The number of rotatable bonds is 8. The van der Waals surface area contributed by atoms with Gasteiger partial charge in [-0.05, 0) is 49.4 Å². The number of H-pyrrole nitrogens is 1. The lowest BCUT2D eigenvalue weighted by Crippen LogP contribution is -2.23. The molecule has 0 aliphatic carbocycles. The van der Waals surface area contributed by atoms with Crippen molar-refractivity contribution in [1.82, 2.24) is 15.2 Å². The number of nitrogens with one attached hydrogen (secondary N) is 1. The SMILES string of the molecule is CCc1nc(S/C(=C/c2cc(Cl)c(OC(C)C)c(OC)c2)C(=O)[O-])n[nH]1. The number of benzene rings is 1. The molecule has 0 aliphatic rings. The van der Waals surface area contributed by atoms with Gasteiger partial charge in [-0.15, -0.1) is 5.10 Å². The molecule has 1 N–H and O–H groups in total. The summed E-state index contributed by atoms with van der Waals surface area (Å²) >= 11 is 7.16. The zero-order chi connectivity index (χ0) is 19.3. The fourth-order valence-corrected chi connectivity index (χ4v) is 3.02. The number of carbonyl (C=O) groups excluding carboxylic acids is 1. The normalized spacial score (nSPS) is 11.7. The number of carboxylic acid groups (broad SMARTS) is 1. The minimum atomic E-state index is -1.34. The van der Waals surface area contributed by atoms with Crippen LogP contribution in [0.2, 0.25) is 5.02 Å². The molecule has 1 heterocycles. The van der Waals surface area contributed by atoms with Crippen molar-refractivity contribution < 1.29 is 19.4 Å². The van der Waals surface area contributed by atoms with Gasteiger partial charge in [-0.2, -0.15) is 0 Å². The van der Waals surface area contributed by atoms with Crippen molar-refractivity contribution in [3.63, 3.8) is 0 Å². The van der Waals surface area contributed by atoms with Crippen LogP contribution in [0.4, 0.5) is 0 Å². The highest BCUT2D eigenvalue weighted by Gasteiger charge is 2.14. The Hall–Kier alpha value is -2.19. The molecule has 9 heteroatoms. The molecule has 1 aromatic heterocycles. The molecule has 0 radical (unpaired) electrons. The van der Waals surface area contributed by atoms with E-state index < -0.39 is 5.97 Å². The van der Waals surface area contributed by atoms with Gasteiger partial charge in [0.15, 0.2) is 11.5 Å². The Morgan fingerprint density at radius 2 is 2.19 bits per heavy atom. The summed E-state index contributed by atoms with van der Waals surface area (Å²) in [5.41, 5.74) is 0.529. The van der Waals surface area contributed by atoms with Crippen LogP contribution in [-0.2, 0) is 11.2 Å². The molecule has 2 aromatic rings. The third kappa shape index (κ3) is 5.15. The minimum Gasteiger partial charge on any atom is -0.544 e. The van der Waals surface area contributed by atoms with Gasteiger partial charge in [0.05, 0.1) is 24.2 Å². The van der Waals surface area contributed by atoms with Crippen molar-refractivity contribution in [2.45, 2.75) is 38.5 Å². The van der Waals surface area contributed by atoms with Gasteiger partial charge in [-0.1, -0.05) is 18.5 Å². The van der Waals surface area contributed by atoms with Crippen LogP contribution in [0.15, 0.2) is 22.2 Å². The molecule has 7 nitrogen and oxygen atoms in total. The first-order chi connectivity index (χ1) is 12.3. The van der Waals surface area contributed by atoms with E-state index in [9.17, 15) is 9.90 Å². The number of hydrogen-bond donors (Lipinski definition) is 1. The number of nitrogens with zero attached hydrogens (tertiary/aromatic N) is 2. The summed E-state index contributed by atoms with van der Waals surface area (Å²) in [5.74, 6) is 0.150. The summed E-state index contributed by atoms with van der Waals surface area (Å²) in [7, 11) is 1.49. The molecule has 26 heavy (non-hydrogen) atoms. The molecule has 0 unspecified atom stereocenters. The van der Waals surface area contributed by atoms with E-state index >= 15 is 0 Å². The van der Waals surface area contributed by atoms with Crippen molar-refractivity contribution in [1.29, 1.82) is 0 Å². The van der Waals surface area contributed by atoms with Gasteiger partial charge >= 0.3 is 0 Å². The van der Waals surface area contributed by atoms with Crippen LogP contribution < -0.4 is 14.6 Å². The minimum absolute atomic E-state index is 0.0534. The Morgan fingerprint density at radius 3 is 2.73 bits per heavy atom. The number of halogens is 1. The molecule has 1 aromatic carbocycles.